The Balaban J connectivity index is 1.34. The van der Waals surface area contributed by atoms with Gasteiger partial charge in [-0.1, -0.05) is 5.16 Å². The van der Waals surface area contributed by atoms with E-state index in [1.165, 1.54) is 0 Å². The zero-order valence-electron chi connectivity index (χ0n) is 13.3. The molecule has 4 heterocycles. The van der Waals surface area contributed by atoms with Gasteiger partial charge in [-0.05, 0) is 13.8 Å². The van der Waals surface area contributed by atoms with E-state index >= 15 is 0 Å². The molecule has 1 atom stereocenters. The minimum Gasteiger partial charge on any atom is -0.338 e. The lowest BCUT2D eigenvalue weighted by molar-refractivity contribution is 0.0839. The standard InChI is InChI=1S/C15H20N6OS/c1-11(14-16-12(2)18-22-14)20-5-3-19(4-6-20)9-13-10-21-7-8-23-15(21)17-13/h7-8,10-11H,3-6,9H2,1-2H3. The number of hydrogen-bond acceptors (Lipinski definition) is 7. The predicted molar refractivity (Wildman–Crippen MR) is 87.4 cm³/mol. The molecule has 0 aliphatic carbocycles. The molecule has 1 unspecified atom stereocenters. The first-order chi connectivity index (χ1) is 11.2. The minimum absolute atomic E-state index is 0.177. The summed E-state index contributed by atoms with van der Waals surface area (Å²) in [4.78, 5) is 14.9. The second-order valence-electron chi connectivity index (χ2n) is 5.99. The largest absolute Gasteiger partial charge is 0.338 e. The molecule has 7 nitrogen and oxygen atoms in total. The Hall–Kier alpha value is -1.77. The normalized spacial score (nSPS) is 18.7. The second kappa shape index (κ2) is 6.03. The van der Waals surface area contributed by atoms with Crippen molar-refractivity contribution in [1.82, 2.24) is 29.3 Å². The third-order valence-corrected chi connectivity index (χ3v) is 5.15. The molecule has 0 aromatic carbocycles. The van der Waals surface area contributed by atoms with Crippen molar-refractivity contribution in [3.05, 3.63) is 35.2 Å². The molecule has 0 N–H and O–H groups in total. The zero-order chi connectivity index (χ0) is 15.8. The molecule has 0 radical (unpaired) electrons. The van der Waals surface area contributed by atoms with Crippen LogP contribution in [-0.4, -0.2) is 55.5 Å². The van der Waals surface area contributed by atoms with Gasteiger partial charge in [0.2, 0.25) is 5.89 Å². The summed E-state index contributed by atoms with van der Waals surface area (Å²) in [5.74, 6) is 1.41. The molecule has 3 aromatic rings. The molecule has 0 spiro atoms. The van der Waals surface area contributed by atoms with Crippen LogP contribution in [0.25, 0.3) is 4.96 Å². The smallest absolute Gasteiger partial charge is 0.243 e. The average Bonchev–Trinajstić information content (AvgIpc) is 3.23. The van der Waals surface area contributed by atoms with Crippen LogP contribution >= 0.6 is 11.3 Å². The van der Waals surface area contributed by atoms with Crippen LogP contribution in [0.3, 0.4) is 0 Å². The van der Waals surface area contributed by atoms with Crippen LogP contribution in [-0.2, 0) is 6.54 Å². The summed E-state index contributed by atoms with van der Waals surface area (Å²) < 4.78 is 7.39. The molecular formula is C15H20N6OS. The first-order valence-corrected chi connectivity index (χ1v) is 8.75. The molecule has 23 heavy (non-hydrogen) atoms. The first kappa shape index (κ1) is 14.8. The maximum Gasteiger partial charge on any atom is 0.243 e. The summed E-state index contributed by atoms with van der Waals surface area (Å²) in [6.45, 7) is 8.97. The summed E-state index contributed by atoms with van der Waals surface area (Å²) >= 11 is 1.68. The molecule has 3 aromatic heterocycles. The van der Waals surface area contributed by atoms with E-state index in [-0.39, 0.29) is 6.04 Å². The second-order valence-corrected chi connectivity index (χ2v) is 6.87. The van der Waals surface area contributed by atoms with Gasteiger partial charge >= 0.3 is 0 Å². The third-order valence-electron chi connectivity index (χ3n) is 4.38. The van der Waals surface area contributed by atoms with Crippen LogP contribution in [0.2, 0.25) is 0 Å². The topological polar surface area (TPSA) is 62.7 Å². The number of aryl methyl sites for hydroxylation is 1. The number of imidazole rings is 1. The number of hydrogen-bond donors (Lipinski definition) is 0. The third kappa shape index (κ3) is 3.01. The van der Waals surface area contributed by atoms with Crippen molar-refractivity contribution in [3.8, 4) is 0 Å². The number of piperazine rings is 1. The fourth-order valence-electron chi connectivity index (χ4n) is 3.03. The van der Waals surface area contributed by atoms with Crippen LogP contribution in [0.5, 0.6) is 0 Å². The van der Waals surface area contributed by atoms with E-state index in [4.69, 9.17) is 4.52 Å². The van der Waals surface area contributed by atoms with Crippen LogP contribution in [0, 0.1) is 6.92 Å². The Morgan fingerprint density at radius 2 is 2.09 bits per heavy atom. The van der Waals surface area contributed by atoms with Gasteiger partial charge in [-0.2, -0.15) is 4.98 Å². The van der Waals surface area contributed by atoms with Crippen molar-refractivity contribution in [2.24, 2.45) is 0 Å². The van der Waals surface area contributed by atoms with E-state index in [0.717, 1.165) is 43.4 Å². The highest BCUT2D eigenvalue weighted by Crippen LogP contribution is 2.21. The summed E-state index contributed by atoms with van der Waals surface area (Å²) in [5, 5.41) is 5.95. The summed E-state index contributed by atoms with van der Waals surface area (Å²) in [7, 11) is 0. The predicted octanol–water partition coefficient (Wildman–Crippen LogP) is 1.97. The van der Waals surface area contributed by atoms with Gasteiger partial charge in [-0.3, -0.25) is 14.2 Å². The van der Waals surface area contributed by atoms with Gasteiger partial charge in [0.05, 0.1) is 11.7 Å². The highest BCUT2D eigenvalue weighted by atomic mass is 32.1. The first-order valence-electron chi connectivity index (χ1n) is 7.87. The molecule has 0 amide bonds. The Labute approximate surface area is 138 Å². The molecule has 8 heteroatoms. The molecule has 1 fully saturated rings. The Bertz CT molecular complexity index is 756. The van der Waals surface area contributed by atoms with Crippen LogP contribution in [0.1, 0.15) is 30.4 Å². The zero-order valence-corrected chi connectivity index (χ0v) is 14.2. The maximum atomic E-state index is 5.30. The van der Waals surface area contributed by atoms with Crippen molar-refractivity contribution in [2.75, 3.05) is 26.2 Å². The van der Waals surface area contributed by atoms with Gasteiger partial charge in [0.25, 0.3) is 0 Å². The van der Waals surface area contributed by atoms with Gasteiger partial charge in [0, 0.05) is 50.5 Å². The number of rotatable bonds is 4. The van der Waals surface area contributed by atoms with E-state index in [9.17, 15) is 0 Å². The maximum absolute atomic E-state index is 5.30. The van der Waals surface area contributed by atoms with Crippen LogP contribution in [0.4, 0.5) is 0 Å². The van der Waals surface area contributed by atoms with Gasteiger partial charge in [0.1, 0.15) is 0 Å². The van der Waals surface area contributed by atoms with Crippen LogP contribution in [0.15, 0.2) is 22.3 Å². The molecular weight excluding hydrogens is 312 g/mol. The highest BCUT2D eigenvalue weighted by Gasteiger charge is 2.25. The van der Waals surface area contributed by atoms with Gasteiger partial charge in [0.15, 0.2) is 10.8 Å². The average molecular weight is 332 g/mol. The molecule has 1 saturated heterocycles. The van der Waals surface area contributed by atoms with Gasteiger partial charge < -0.3 is 4.52 Å². The van der Waals surface area contributed by atoms with E-state index in [2.05, 4.69) is 54.0 Å². The lowest BCUT2D eigenvalue weighted by atomic mass is 10.2. The lowest BCUT2D eigenvalue weighted by Gasteiger charge is -2.36. The lowest BCUT2D eigenvalue weighted by Crippen LogP contribution is -2.46. The SMILES string of the molecule is Cc1noc(C(C)N2CCN(Cc3cn4ccsc4n3)CC2)n1. The summed E-state index contributed by atoms with van der Waals surface area (Å²) in [6.07, 6.45) is 4.19. The molecule has 1 aliphatic rings. The minimum atomic E-state index is 0.177. The Morgan fingerprint density at radius 3 is 2.78 bits per heavy atom. The Morgan fingerprint density at radius 1 is 1.26 bits per heavy atom. The number of thiazole rings is 1. The van der Waals surface area contributed by atoms with Crippen molar-refractivity contribution < 1.29 is 4.52 Å². The molecule has 1 aliphatic heterocycles. The van der Waals surface area contributed by atoms with E-state index in [1.807, 2.05) is 6.92 Å². The van der Waals surface area contributed by atoms with Crippen molar-refractivity contribution in [3.63, 3.8) is 0 Å². The van der Waals surface area contributed by atoms with E-state index in [0.29, 0.717) is 11.7 Å². The monoisotopic (exact) mass is 332 g/mol. The molecule has 4 rings (SSSR count). The number of nitrogens with zero attached hydrogens (tertiary/aromatic N) is 6. The van der Waals surface area contributed by atoms with Crippen molar-refractivity contribution in [1.29, 1.82) is 0 Å². The van der Waals surface area contributed by atoms with Crippen molar-refractivity contribution in [2.45, 2.75) is 26.4 Å². The number of fused-ring (bicyclic) bond motifs is 1. The summed E-state index contributed by atoms with van der Waals surface area (Å²) in [6, 6.07) is 0.177. The van der Waals surface area contributed by atoms with Crippen molar-refractivity contribution >= 4 is 16.3 Å². The van der Waals surface area contributed by atoms with Crippen LogP contribution < -0.4 is 0 Å². The Kier molecular flexibility index (Phi) is 3.88. The van der Waals surface area contributed by atoms with Gasteiger partial charge in [-0.25, -0.2) is 4.98 Å². The molecule has 122 valence electrons. The summed E-state index contributed by atoms with van der Waals surface area (Å²) in [5.41, 5.74) is 1.14. The van der Waals surface area contributed by atoms with E-state index < -0.39 is 0 Å². The fourth-order valence-corrected chi connectivity index (χ4v) is 3.75. The molecule has 0 bridgehead atoms. The van der Waals surface area contributed by atoms with E-state index in [1.54, 1.807) is 11.3 Å². The highest BCUT2D eigenvalue weighted by molar-refractivity contribution is 7.15. The fraction of sp³-hybridized carbons (Fsp3) is 0.533. The molecule has 0 saturated carbocycles. The number of aromatic nitrogens is 4. The van der Waals surface area contributed by atoms with Gasteiger partial charge in [-0.15, -0.1) is 11.3 Å². The quantitative estimate of drug-likeness (QED) is 0.728.